The first-order chi connectivity index (χ1) is 8.78. The van der Waals surface area contributed by atoms with Crippen molar-refractivity contribution >= 4 is 11.9 Å². The summed E-state index contributed by atoms with van der Waals surface area (Å²) in [4.78, 5) is 11.5. The number of urea groups is 1. The van der Waals surface area contributed by atoms with Crippen LogP contribution in [0, 0.1) is 0 Å². The van der Waals surface area contributed by atoms with Gasteiger partial charge < -0.3 is 14.5 Å². The molecule has 0 atom stereocenters. The molecule has 5 nitrogen and oxygen atoms in total. The van der Waals surface area contributed by atoms with Gasteiger partial charge in [0.05, 0.1) is 13.4 Å². The van der Waals surface area contributed by atoms with Crippen molar-refractivity contribution in [1.29, 1.82) is 0 Å². The molecule has 2 amide bonds. The van der Waals surface area contributed by atoms with E-state index in [-0.39, 0.29) is 6.03 Å². The zero-order valence-corrected chi connectivity index (χ0v) is 9.97. The molecular weight excluding hydrogens is 232 g/mol. The predicted octanol–water partition coefficient (Wildman–Crippen LogP) is 2.61. The van der Waals surface area contributed by atoms with Crippen LogP contribution in [0.1, 0.15) is 5.56 Å². The van der Waals surface area contributed by atoms with Crippen molar-refractivity contribution in [2.75, 3.05) is 12.4 Å². The molecule has 0 fully saturated rings. The summed E-state index contributed by atoms with van der Waals surface area (Å²) >= 11 is 0. The molecule has 0 saturated heterocycles. The lowest BCUT2D eigenvalue weighted by Gasteiger charge is -2.06. The summed E-state index contributed by atoms with van der Waals surface area (Å²) in [6.45, 7) is 0.441. The number of furan rings is 1. The molecule has 0 aliphatic rings. The van der Waals surface area contributed by atoms with Crippen LogP contribution in [0.5, 0.6) is 5.75 Å². The highest BCUT2D eigenvalue weighted by atomic mass is 16.5. The number of hydrogen-bond acceptors (Lipinski definition) is 3. The Morgan fingerprint density at radius 2 is 2.06 bits per heavy atom. The maximum atomic E-state index is 11.5. The standard InChI is InChI=1S/C13H14N2O3/c1-17-11-6-4-10(5-7-11)9-14-13(16)15-12-3-2-8-18-12/h2-8H,9H2,1H3,(H2,14,15,16). The summed E-state index contributed by atoms with van der Waals surface area (Å²) in [6, 6.07) is 10.6. The molecule has 94 valence electrons. The van der Waals surface area contributed by atoms with Gasteiger partial charge in [-0.1, -0.05) is 12.1 Å². The van der Waals surface area contributed by atoms with Crippen LogP contribution in [0.2, 0.25) is 0 Å². The second-order valence-corrected chi connectivity index (χ2v) is 3.63. The molecular formula is C13H14N2O3. The van der Waals surface area contributed by atoms with E-state index in [1.165, 1.54) is 6.26 Å². The van der Waals surface area contributed by atoms with Crippen LogP contribution in [-0.2, 0) is 6.54 Å². The second-order valence-electron chi connectivity index (χ2n) is 3.63. The Kier molecular flexibility index (Phi) is 3.86. The third-order valence-electron chi connectivity index (χ3n) is 2.37. The number of carbonyl (C=O) groups is 1. The minimum absolute atomic E-state index is 0.305. The minimum atomic E-state index is -0.305. The number of methoxy groups -OCH3 is 1. The van der Waals surface area contributed by atoms with Crippen LogP contribution >= 0.6 is 0 Å². The number of hydrogen-bond donors (Lipinski definition) is 2. The maximum Gasteiger partial charge on any atom is 0.321 e. The van der Waals surface area contributed by atoms with Crippen LogP contribution in [0.4, 0.5) is 10.7 Å². The van der Waals surface area contributed by atoms with Crippen LogP contribution in [0.15, 0.2) is 47.1 Å². The average Bonchev–Trinajstić information content (AvgIpc) is 2.90. The molecule has 0 spiro atoms. The van der Waals surface area contributed by atoms with Crippen LogP contribution < -0.4 is 15.4 Å². The van der Waals surface area contributed by atoms with Gasteiger partial charge in [-0.15, -0.1) is 0 Å². The van der Waals surface area contributed by atoms with E-state index < -0.39 is 0 Å². The molecule has 0 bridgehead atoms. The molecule has 2 rings (SSSR count). The number of carbonyl (C=O) groups excluding carboxylic acids is 1. The third-order valence-corrected chi connectivity index (χ3v) is 2.37. The lowest BCUT2D eigenvalue weighted by Crippen LogP contribution is -2.27. The van der Waals surface area contributed by atoms with Crippen molar-refractivity contribution in [2.24, 2.45) is 0 Å². The largest absolute Gasteiger partial charge is 0.497 e. The molecule has 0 unspecified atom stereocenters. The number of ether oxygens (including phenoxy) is 1. The van der Waals surface area contributed by atoms with Crippen LogP contribution in [0.3, 0.4) is 0 Å². The van der Waals surface area contributed by atoms with E-state index in [9.17, 15) is 4.79 Å². The number of rotatable bonds is 4. The first kappa shape index (κ1) is 12.0. The predicted molar refractivity (Wildman–Crippen MR) is 67.6 cm³/mol. The van der Waals surface area contributed by atoms with Gasteiger partial charge in [0.25, 0.3) is 0 Å². The van der Waals surface area contributed by atoms with E-state index in [2.05, 4.69) is 10.6 Å². The Morgan fingerprint density at radius 1 is 1.28 bits per heavy atom. The summed E-state index contributed by atoms with van der Waals surface area (Å²) < 4.78 is 10.1. The molecule has 18 heavy (non-hydrogen) atoms. The fraction of sp³-hybridized carbons (Fsp3) is 0.154. The van der Waals surface area contributed by atoms with E-state index in [1.807, 2.05) is 24.3 Å². The maximum absolute atomic E-state index is 11.5. The molecule has 1 aromatic heterocycles. The smallest absolute Gasteiger partial charge is 0.321 e. The highest BCUT2D eigenvalue weighted by molar-refractivity contribution is 5.87. The molecule has 0 saturated carbocycles. The molecule has 0 aliphatic heterocycles. The van der Waals surface area contributed by atoms with Crippen LogP contribution in [0.25, 0.3) is 0 Å². The van der Waals surface area contributed by atoms with Crippen molar-refractivity contribution in [3.63, 3.8) is 0 Å². The van der Waals surface area contributed by atoms with E-state index in [1.54, 1.807) is 19.2 Å². The van der Waals surface area contributed by atoms with Gasteiger partial charge in [-0.05, 0) is 23.8 Å². The number of nitrogens with one attached hydrogen (secondary N) is 2. The summed E-state index contributed by atoms with van der Waals surface area (Å²) in [5.41, 5.74) is 0.991. The van der Waals surface area contributed by atoms with E-state index in [0.717, 1.165) is 11.3 Å². The van der Waals surface area contributed by atoms with Gasteiger partial charge in [0.15, 0.2) is 0 Å². The van der Waals surface area contributed by atoms with Gasteiger partial charge in [0.1, 0.15) is 5.75 Å². The number of amides is 2. The van der Waals surface area contributed by atoms with Gasteiger partial charge in [0, 0.05) is 12.6 Å². The summed E-state index contributed by atoms with van der Waals surface area (Å²) in [7, 11) is 1.62. The number of anilines is 1. The topological polar surface area (TPSA) is 63.5 Å². The monoisotopic (exact) mass is 246 g/mol. The Morgan fingerprint density at radius 3 is 2.67 bits per heavy atom. The summed E-state index contributed by atoms with van der Waals surface area (Å²) in [5.74, 6) is 1.21. The fourth-order valence-electron chi connectivity index (χ4n) is 1.43. The van der Waals surface area contributed by atoms with Gasteiger partial charge in [-0.2, -0.15) is 0 Å². The summed E-state index contributed by atoms with van der Waals surface area (Å²) in [5, 5.41) is 5.30. The molecule has 1 heterocycles. The normalized spacial score (nSPS) is 9.83. The Balaban J connectivity index is 1.81. The van der Waals surface area contributed by atoms with E-state index >= 15 is 0 Å². The summed E-state index contributed by atoms with van der Waals surface area (Å²) in [6.07, 6.45) is 1.50. The molecule has 0 aliphatic carbocycles. The lowest BCUT2D eigenvalue weighted by molar-refractivity contribution is 0.251. The van der Waals surface area contributed by atoms with Crippen molar-refractivity contribution in [3.8, 4) is 5.75 Å². The van der Waals surface area contributed by atoms with Crippen molar-refractivity contribution in [2.45, 2.75) is 6.54 Å². The Hall–Kier alpha value is -2.43. The average molecular weight is 246 g/mol. The molecule has 5 heteroatoms. The molecule has 0 radical (unpaired) electrons. The highest BCUT2D eigenvalue weighted by Crippen LogP contribution is 2.11. The molecule has 2 N–H and O–H groups in total. The second kappa shape index (κ2) is 5.77. The van der Waals surface area contributed by atoms with Crippen molar-refractivity contribution in [3.05, 3.63) is 48.2 Å². The first-order valence-electron chi connectivity index (χ1n) is 5.49. The molecule has 1 aromatic carbocycles. The van der Waals surface area contributed by atoms with Crippen LogP contribution in [-0.4, -0.2) is 13.1 Å². The number of benzene rings is 1. The zero-order chi connectivity index (χ0) is 12.8. The molecule has 2 aromatic rings. The Bertz CT molecular complexity index is 491. The van der Waals surface area contributed by atoms with Crippen molar-refractivity contribution in [1.82, 2.24) is 5.32 Å². The van der Waals surface area contributed by atoms with Gasteiger partial charge in [0.2, 0.25) is 5.88 Å². The first-order valence-corrected chi connectivity index (χ1v) is 5.49. The third kappa shape index (κ3) is 3.28. The van der Waals surface area contributed by atoms with Crippen molar-refractivity contribution < 1.29 is 13.9 Å². The van der Waals surface area contributed by atoms with Gasteiger partial charge in [-0.3, -0.25) is 5.32 Å². The highest BCUT2D eigenvalue weighted by Gasteiger charge is 2.03. The van der Waals surface area contributed by atoms with E-state index in [4.69, 9.17) is 9.15 Å². The quantitative estimate of drug-likeness (QED) is 0.871. The lowest BCUT2D eigenvalue weighted by atomic mass is 10.2. The van der Waals surface area contributed by atoms with Gasteiger partial charge in [-0.25, -0.2) is 4.79 Å². The van der Waals surface area contributed by atoms with E-state index in [0.29, 0.717) is 12.4 Å². The SMILES string of the molecule is COc1ccc(CNC(=O)Nc2ccco2)cc1. The Labute approximate surface area is 105 Å². The van der Waals surface area contributed by atoms with Gasteiger partial charge >= 0.3 is 6.03 Å². The minimum Gasteiger partial charge on any atom is -0.497 e. The zero-order valence-electron chi connectivity index (χ0n) is 9.97. The fourth-order valence-corrected chi connectivity index (χ4v) is 1.43.